The maximum Gasteiger partial charge on any atom is 0.277 e. The van der Waals surface area contributed by atoms with Crippen LogP contribution in [0.1, 0.15) is 24.2 Å². The molecule has 0 saturated carbocycles. The molecule has 24 heavy (non-hydrogen) atoms. The number of ether oxygens (including phenoxy) is 3. The molecule has 1 aromatic carbocycles. The van der Waals surface area contributed by atoms with Crippen LogP contribution in [0.2, 0.25) is 0 Å². The number of hydrogen-bond acceptors (Lipinski definition) is 5. The number of benzene rings is 1. The lowest BCUT2D eigenvalue weighted by molar-refractivity contribution is -0.110. The minimum absolute atomic E-state index is 0.107. The summed E-state index contributed by atoms with van der Waals surface area (Å²) < 4.78 is 15.7. The van der Waals surface area contributed by atoms with Crippen LogP contribution in [0.15, 0.2) is 40.4 Å². The standard InChI is InChI=1S/C18H19NO5/c1-10-6-13(20)7-11(2)16(10)19-18(21)12-8-14(22-3)17(24-5)15(9-12)23-4/h6-9H,1-5H3. The second-order valence-electron chi connectivity index (χ2n) is 5.24. The highest BCUT2D eigenvalue weighted by Gasteiger charge is 2.19. The minimum atomic E-state index is -0.459. The van der Waals surface area contributed by atoms with Gasteiger partial charge in [0.25, 0.3) is 5.91 Å². The maximum absolute atomic E-state index is 12.5. The van der Waals surface area contributed by atoms with E-state index in [9.17, 15) is 9.59 Å². The van der Waals surface area contributed by atoms with Crippen LogP contribution in [0.5, 0.6) is 17.2 Å². The van der Waals surface area contributed by atoms with Crippen molar-refractivity contribution in [1.82, 2.24) is 0 Å². The normalized spacial score (nSPS) is 13.9. The number of carbonyl (C=O) groups excluding carboxylic acids is 2. The molecule has 0 heterocycles. The summed E-state index contributed by atoms with van der Waals surface area (Å²) in [6.07, 6.45) is 2.91. The maximum atomic E-state index is 12.5. The van der Waals surface area contributed by atoms with Crippen molar-refractivity contribution in [1.29, 1.82) is 0 Å². The van der Waals surface area contributed by atoms with Crippen LogP contribution in [-0.4, -0.2) is 38.7 Å². The van der Waals surface area contributed by atoms with Gasteiger partial charge in [-0.25, -0.2) is 4.99 Å². The molecule has 0 atom stereocenters. The Morgan fingerprint density at radius 3 is 1.83 bits per heavy atom. The first kappa shape index (κ1) is 17.5. The van der Waals surface area contributed by atoms with Crippen molar-refractivity contribution < 1.29 is 23.8 Å². The van der Waals surface area contributed by atoms with Crippen molar-refractivity contribution in [3.8, 4) is 17.2 Å². The van der Waals surface area contributed by atoms with Gasteiger partial charge in [0.05, 0.1) is 27.0 Å². The highest BCUT2D eigenvalue weighted by atomic mass is 16.5. The summed E-state index contributed by atoms with van der Waals surface area (Å²) in [6.45, 7) is 3.49. The van der Waals surface area contributed by atoms with E-state index in [0.29, 0.717) is 39.7 Å². The Bertz CT molecular complexity index is 738. The fraction of sp³-hybridized carbons (Fsp3) is 0.278. The number of carbonyl (C=O) groups is 2. The second-order valence-corrected chi connectivity index (χ2v) is 5.24. The van der Waals surface area contributed by atoms with Crippen LogP contribution < -0.4 is 14.2 Å². The van der Waals surface area contributed by atoms with Crippen molar-refractivity contribution in [2.24, 2.45) is 4.99 Å². The van der Waals surface area contributed by atoms with Gasteiger partial charge in [-0.2, -0.15) is 0 Å². The first-order chi connectivity index (χ1) is 11.4. The molecular formula is C18H19NO5. The van der Waals surface area contributed by atoms with E-state index in [0.717, 1.165) is 0 Å². The number of aliphatic imine (C=N–C) groups is 1. The highest BCUT2D eigenvalue weighted by molar-refractivity contribution is 6.25. The molecule has 1 aliphatic rings. The highest BCUT2D eigenvalue weighted by Crippen LogP contribution is 2.38. The molecule has 0 fully saturated rings. The lowest BCUT2D eigenvalue weighted by Gasteiger charge is -2.14. The van der Waals surface area contributed by atoms with E-state index in [2.05, 4.69) is 4.99 Å². The molecule has 6 nitrogen and oxygen atoms in total. The first-order valence-electron chi connectivity index (χ1n) is 7.25. The van der Waals surface area contributed by atoms with E-state index in [4.69, 9.17) is 14.2 Å². The predicted molar refractivity (Wildman–Crippen MR) is 90.4 cm³/mol. The van der Waals surface area contributed by atoms with Gasteiger partial charge in [-0.3, -0.25) is 9.59 Å². The van der Waals surface area contributed by atoms with Gasteiger partial charge in [-0.05, 0) is 49.3 Å². The van der Waals surface area contributed by atoms with Crippen molar-refractivity contribution in [2.45, 2.75) is 13.8 Å². The summed E-state index contributed by atoms with van der Waals surface area (Å²) in [5.41, 5.74) is 2.10. The third-order valence-corrected chi connectivity index (χ3v) is 3.59. The molecule has 0 N–H and O–H groups in total. The zero-order valence-electron chi connectivity index (χ0n) is 14.3. The van der Waals surface area contributed by atoms with Crippen LogP contribution >= 0.6 is 0 Å². The van der Waals surface area contributed by atoms with Crippen molar-refractivity contribution in [2.75, 3.05) is 21.3 Å². The molecule has 0 radical (unpaired) electrons. The molecule has 0 aliphatic heterocycles. The predicted octanol–water partition coefficient (Wildman–Crippen LogP) is 2.77. The molecular weight excluding hydrogens is 310 g/mol. The summed E-state index contributed by atoms with van der Waals surface area (Å²) in [4.78, 5) is 28.2. The number of ketones is 1. The smallest absolute Gasteiger partial charge is 0.277 e. The summed E-state index contributed by atoms with van der Waals surface area (Å²) in [5, 5.41) is 0. The monoisotopic (exact) mass is 329 g/mol. The molecule has 0 unspecified atom stereocenters. The van der Waals surface area contributed by atoms with Crippen LogP contribution in [0.4, 0.5) is 0 Å². The Morgan fingerprint density at radius 2 is 1.42 bits per heavy atom. The van der Waals surface area contributed by atoms with E-state index in [1.807, 2.05) is 0 Å². The number of hydrogen-bond donors (Lipinski definition) is 0. The Morgan fingerprint density at radius 1 is 0.917 bits per heavy atom. The minimum Gasteiger partial charge on any atom is -0.493 e. The Labute approximate surface area is 140 Å². The topological polar surface area (TPSA) is 74.2 Å². The first-order valence-corrected chi connectivity index (χ1v) is 7.25. The third kappa shape index (κ3) is 3.37. The van der Waals surface area contributed by atoms with Gasteiger partial charge in [0, 0.05) is 5.56 Å². The quantitative estimate of drug-likeness (QED) is 0.794. The van der Waals surface area contributed by atoms with Gasteiger partial charge in [-0.15, -0.1) is 0 Å². The van der Waals surface area contributed by atoms with Crippen LogP contribution in [0.25, 0.3) is 0 Å². The zero-order valence-corrected chi connectivity index (χ0v) is 14.3. The van der Waals surface area contributed by atoms with Gasteiger partial charge < -0.3 is 14.2 Å². The Kier molecular flexibility index (Phi) is 5.18. The summed E-state index contributed by atoms with van der Waals surface area (Å²) >= 11 is 0. The van der Waals surface area contributed by atoms with Gasteiger partial charge in [0.1, 0.15) is 0 Å². The Balaban J connectivity index is 2.47. The van der Waals surface area contributed by atoms with Crippen LogP contribution in [0.3, 0.4) is 0 Å². The number of nitrogens with zero attached hydrogens (tertiary/aromatic N) is 1. The van der Waals surface area contributed by atoms with Crippen LogP contribution in [-0.2, 0) is 4.79 Å². The zero-order chi connectivity index (χ0) is 17.9. The lowest BCUT2D eigenvalue weighted by Crippen LogP contribution is -2.13. The number of allylic oxidation sites excluding steroid dienone is 4. The average molecular weight is 329 g/mol. The van der Waals surface area contributed by atoms with Crippen LogP contribution in [0, 0.1) is 0 Å². The third-order valence-electron chi connectivity index (χ3n) is 3.59. The van der Waals surface area contributed by atoms with E-state index < -0.39 is 5.91 Å². The second kappa shape index (κ2) is 7.12. The molecule has 0 saturated heterocycles. The lowest BCUT2D eigenvalue weighted by atomic mass is 9.97. The molecule has 1 amide bonds. The molecule has 6 heteroatoms. The van der Waals surface area contributed by atoms with Crippen molar-refractivity contribution >= 4 is 17.4 Å². The van der Waals surface area contributed by atoms with Crippen molar-refractivity contribution in [3.63, 3.8) is 0 Å². The van der Waals surface area contributed by atoms with Gasteiger partial charge in [0.15, 0.2) is 17.3 Å². The fourth-order valence-corrected chi connectivity index (χ4v) is 2.46. The fourth-order valence-electron chi connectivity index (χ4n) is 2.46. The molecule has 0 aromatic heterocycles. The van der Waals surface area contributed by atoms with Gasteiger partial charge in [0.2, 0.25) is 5.75 Å². The molecule has 2 rings (SSSR count). The summed E-state index contributed by atoms with van der Waals surface area (Å²) in [7, 11) is 4.44. The van der Waals surface area contributed by atoms with E-state index in [1.54, 1.807) is 26.0 Å². The number of rotatable bonds is 4. The van der Waals surface area contributed by atoms with Gasteiger partial charge in [-0.1, -0.05) is 0 Å². The van der Waals surface area contributed by atoms with E-state index in [1.165, 1.54) is 33.5 Å². The van der Waals surface area contributed by atoms with Crippen molar-refractivity contribution in [3.05, 3.63) is 41.0 Å². The Hall–Kier alpha value is -2.89. The molecule has 1 aromatic rings. The molecule has 0 bridgehead atoms. The summed E-state index contributed by atoms with van der Waals surface area (Å²) in [6, 6.07) is 3.08. The average Bonchev–Trinajstić information content (AvgIpc) is 2.56. The largest absolute Gasteiger partial charge is 0.493 e. The molecule has 0 spiro atoms. The molecule has 1 aliphatic carbocycles. The molecule has 126 valence electrons. The van der Waals surface area contributed by atoms with E-state index in [-0.39, 0.29) is 5.78 Å². The summed E-state index contributed by atoms with van der Waals surface area (Å²) in [5.74, 6) is 0.584. The number of amides is 1. The number of methoxy groups -OCH3 is 3. The van der Waals surface area contributed by atoms with E-state index >= 15 is 0 Å². The van der Waals surface area contributed by atoms with Gasteiger partial charge >= 0.3 is 0 Å². The SMILES string of the molecule is COc1cc(C(=O)N=C2C(C)=CC(=O)C=C2C)cc(OC)c1OC.